The first kappa shape index (κ1) is 41.1. The molecular formula is C41H39N4O16+. The summed E-state index contributed by atoms with van der Waals surface area (Å²) in [4.78, 5) is 24.7. The lowest BCUT2D eigenvalue weighted by molar-refractivity contribution is -0.337. The van der Waals surface area contributed by atoms with Crippen LogP contribution >= 0.6 is 0 Å². The Kier molecular flexibility index (Phi) is 10.6. The summed E-state index contributed by atoms with van der Waals surface area (Å²) in [5.41, 5.74) is -4.88. The van der Waals surface area contributed by atoms with Gasteiger partial charge in [-0.3, -0.25) is 10.4 Å². The van der Waals surface area contributed by atoms with Crippen LogP contribution in [0.2, 0.25) is 0 Å². The maximum atomic E-state index is 12.7. The zero-order chi connectivity index (χ0) is 43.4. The summed E-state index contributed by atoms with van der Waals surface area (Å²) in [6.07, 6.45) is -4.37. The largest absolute Gasteiger partial charge is 0.508 e. The van der Waals surface area contributed by atoms with Crippen LogP contribution in [-0.2, 0) is 9.53 Å². The highest BCUT2D eigenvalue weighted by molar-refractivity contribution is 6.15. The molecule has 20 nitrogen and oxygen atoms in total. The number of phenolic OH excluding ortho intramolecular Hbond substituents is 2. The van der Waals surface area contributed by atoms with Gasteiger partial charge in [0.15, 0.2) is 41.1 Å². The van der Waals surface area contributed by atoms with E-state index in [4.69, 9.17) is 29.1 Å². The molecule has 1 saturated heterocycles. The number of amidine groups is 1. The van der Waals surface area contributed by atoms with Crippen molar-refractivity contribution >= 4 is 35.3 Å². The second kappa shape index (κ2) is 15.7. The number of nitrogens with two attached hydrogens (primary N) is 1. The Labute approximate surface area is 344 Å². The van der Waals surface area contributed by atoms with E-state index in [1.54, 1.807) is 12.1 Å². The number of benzene rings is 3. The molecule has 61 heavy (non-hydrogen) atoms. The molecule has 1 unspecified atom stereocenters. The van der Waals surface area contributed by atoms with E-state index in [0.717, 1.165) is 18.2 Å². The highest BCUT2D eigenvalue weighted by atomic mass is 16.7. The quantitative estimate of drug-likeness (QED) is 0.0737. The Morgan fingerprint density at radius 2 is 1.80 bits per heavy atom. The van der Waals surface area contributed by atoms with Crippen molar-refractivity contribution in [2.45, 2.75) is 54.3 Å². The van der Waals surface area contributed by atoms with E-state index in [1.165, 1.54) is 61.0 Å². The molecule has 10 atom stereocenters. The molecule has 20 heteroatoms. The second-order valence-corrected chi connectivity index (χ2v) is 14.6. The van der Waals surface area contributed by atoms with Gasteiger partial charge in [0.2, 0.25) is 18.3 Å². The van der Waals surface area contributed by atoms with E-state index in [2.05, 4.69) is 15.0 Å². The van der Waals surface area contributed by atoms with Gasteiger partial charge in [-0.15, -0.1) is 0 Å². The molecule has 0 radical (unpaired) electrons. The molecule has 1 fully saturated rings. The number of rotatable bonds is 13. The van der Waals surface area contributed by atoms with Crippen molar-refractivity contribution in [1.29, 1.82) is 0 Å². The zero-order valence-corrected chi connectivity index (χ0v) is 31.5. The van der Waals surface area contributed by atoms with Crippen LogP contribution in [-0.4, -0.2) is 136 Å². The number of fused-ring (bicyclic) bond motifs is 3. The molecule has 1 aliphatic carbocycles. The molecule has 2 bridgehead atoms. The van der Waals surface area contributed by atoms with E-state index >= 15 is 0 Å². The average molecular weight is 844 g/mol. The standard InChI is InChI=1S/C41H38N4O16/c42-30-9-8-23(45-30)32(49)29(16-46)57-21-6-4-18(5-7-21)26-13-25(48)31-27(58-26)14-28(34(33(31)50)60-37(53)19-2-1-3-20(47)12-19)59-39-40(55)11-10-22(24-15-43-17-44-24)41(56,38(40)54)35(61-39)36(51)52/h1-14,17,22,26,29,32,35,37-39,42,46-50,53-56H,15-16H2,(H,51,52)/p+1/t22-,26?,29+,32-,35-,37+,38+,39-,40-,41-/m1/s1. The first-order chi connectivity index (χ1) is 29.1. The van der Waals surface area contributed by atoms with Crippen LogP contribution in [0.4, 0.5) is 0 Å². The summed E-state index contributed by atoms with van der Waals surface area (Å²) in [6.45, 7) is -0.592. The minimum atomic E-state index is -2.69. The number of aliphatic hydroxyl groups is 7. The van der Waals surface area contributed by atoms with Crippen LogP contribution in [0.3, 0.4) is 0 Å². The number of aliphatic carboxylic acids is 1. The van der Waals surface area contributed by atoms with Gasteiger partial charge in [-0.2, -0.15) is 0 Å². The molecule has 318 valence electrons. The van der Waals surface area contributed by atoms with Crippen molar-refractivity contribution < 1.29 is 85.0 Å². The van der Waals surface area contributed by atoms with Crippen molar-refractivity contribution in [2.24, 2.45) is 20.9 Å². The van der Waals surface area contributed by atoms with E-state index in [-0.39, 0.29) is 52.2 Å². The average Bonchev–Trinajstić information content (AvgIpc) is 3.93. The number of ether oxygens (including phenoxy) is 5. The number of hydrogen-bond donors (Lipinski definition) is 11. The van der Waals surface area contributed by atoms with Crippen molar-refractivity contribution in [3.05, 3.63) is 102 Å². The van der Waals surface area contributed by atoms with Gasteiger partial charge in [0, 0.05) is 23.8 Å². The predicted molar refractivity (Wildman–Crippen MR) is 209 cm³/mol. The fourth-order valence-corrected chi connectivity index (χ4v) is 7.66. The van der Waals surface area contributed by atoms with Crippen molar-refractivity contribution in [1.82, 2.24) is 0 Å². The lowest BCUT2D eigenvalue weighted by Crippen LogP contribution is -2.78. The molecule has 8 rings (SSSR count). The summed E-state index contributed by atoms with van der Waals surface area (Å²) in [7, 11) is 0. The minimum absolute atomic E-state index is 0.00208. The van der Waals surface area contributed by atoms with Gasteiger partial charge in [-0.1, -0.05) is 30.3 Å². The van der Waals surface area contributed by atoms with Gasteiger partial charge in [-0.05, 0) is 47.0 Å². The van der Waals surface area contributed by atoms with Gasteiger partial charge in [0.25, 0.3) is 0 Å². The number of aromatic hydroxyl groups is 2. The molecule has 0 spiro atoms. The normalized spacial score (nSPS) is 28.8. The summed E-state index contributed by atoms with van der Waals surface area (Å²) in [6, 6.07) is 12.5. The number of aliphatic imine (C=N–C) groups is 3. The predicted octanol–water partition coefficient (Wildman–Crippen LogP) is -0.850. The Morgan fingerprint density at radius 3 is 2.46 bits per heavy atom. The first-order valence-electron chi connectivity index (χ1n) is 18.6. The lowest BCUT2D eigenvalue weighted by atomic mass is 9.64. The third kappa shape index (κ3) is 7.24. The highest BCUT2D eigenvalue weighted by Gasteiger charge is 2.70. The van der Waals surface area contributed by atoms with Crippen molar-refractivity contribution in [2.75, 3.05) is 13.2 Å². The topological polar surface area (TPSA) is 328 Å². The van der Waals surface area contributed by atoms with Gasteiger partial charge in [0.05, 0.1) is 24.8 Å². The smallest absolute Gasteiger partial charge is 0.336 e. The fourth-order valence-electron chi connectivity index (χ4n) is 7.66. The number of carbonyl (C=O) groups is 1. The number of phenols is 2. The molecular weight excluding hydrogens is 804 g/mol. The second-order valence-electron chi connectivity index (χ2n) is 14.6. The van der Waals surface area contributed by atoms with Gasteiger partial charge < -0.3 is 74.7 Å². The van der Waals surface area contributed by atoms with Crippen LogP contribution in [0.15, 0.2) is 100.0 Å². The molecule has 0 saturated carbocycles. The van der Waals surface area contributed by atoms with E-state index in [0.29, 0.717) is 5.56 Å². The van der Waals surface area contributed by atoms with Crippen molar-refractivity contribution in [3.63, 3.8) is 0 Å². The van der Waals surface area contributed by atoms with E-state index in [9.17, 15) is 55.9 Å². The summed E-state index contributed by atoms with van der Waals surface area (Å²) in [5, 5.41) is 116. The highest BCUT2D eigenvalue weighted by Crippen LogP contribution is 2.53. The Bertz CT molecular complexity index is 2450. The summed E-state index contributed by atoms with van der Waals surface area (Å²) >= 11 is 0. The summed E-state index contributed by atoms with van der Waals surface area (Å²) < 4.78 is 29.4. The minimum Gasteiger partial charge on any atom is -0.508 e. The van der Waals surface area contributed by atoms with E-state index in [1.807, 2.05) is 0 Å². The van der Waals surface area contributed by atoms with Gasteiger partial charge in [-0.25, -0.2) is 9.79 Å². The third-order valence-electron chi connectivity index (χ3n) is 10.8. The number of carboxylic acid groups (broad SMARTS) is 1. The maximum absolute atomic E-state index is 12.7. The third-order valence-corrected chi connectivity index (χ3v) is 10.8. The van der Waals surface area contributed by atoms with Crippen LogP contribution in [0.5, 0.6) is 34.5 Å². The van der Waals surface area contributed by atoms with Gasteiger partial charge >= 0.3 is 11.8 Å². The molecule has 0 aromatic heterocycles. The van der Waals surface area contributed by atoms with Gasteiger partial charge in [0.1, 0.15) is 52.7 Å². The molecule has 3 aromatic carbocycles. The summed E-state index contributed by atoms with van der Waals surface area (Å²) in [5.74, 6) is -5.75. The van der Waals surface area contributed by atoms with Crippen LogP contribution in [0.25, 0.3) is 5.76 Å². The lowest BCUT2D eigenvalue weighted by Gasteiger charge is -2.55. The molecule has 3 aromatic rings. The van der Waals surface area contributed by atoms with Crippen LogP contribution in [0.1, 0.15) is 29.1 Å². The molecule has 0 amide bonds. The molecule has 4 heterocycles. The Hall–Kier alpha value is -6.65. The Morgan fingerprint density at radius 1 is 1.03 bits per heavy atom. The van der Waals surface area contributed by atoms with E-state index < -0.39 is 95.8 Å². The number of carboxylic acids is 1. The van der Waals surface area contributed by atoms with Crippen LogP contribution in [0, 0.1) is 5.92 Å². The monoisotopic (exact) mass is 843 g/mol. The number of hydrogen-bond acceptors (Lipinski definition) is 17. The molecule has 5 aliphatic rings. The first-order valence-corrected chi connectivity index (χ1v) is 18.6. The number of aliphatic hydroxyl groups excluding tert-OH is 5. The zero-order valence-electron chi connectivity index (χ0n) is 31.5. The fraction of sp³-hybridized carbons (Fsp3) is 0.293. The van der Waals surface area contributed by atoms with Crippen molar-refractivity contribution in [3.8, 4) is 34.5 Å². The SMILES string of the molecule is [NH2+]=C1C=CC([C@@H](O)[C@H](CO)Oc2ccc(C3C=C(O)c4c(cc(O[C@@H]5O[C@H](C(=O)O)[C@]6(O)[C@@H](C7=NC=NC7)C=C[C@@]5(O)[C@@H]6O)c(O[C@H](O)c5cccc(O)c5)c4O)O3)cc2)=N1. The molecule has 12 N–H and O–H groups in total. The number of nitrogens with zero attached hydrogens (tertiary/aromatic N) is 3. The Balaban J connectivity index is 1.13. The molecule has 4 aliphatic heterocycles. The maximum Gasteiger partial charge on any atom is 0.336 e. The van der Waals surface area contributed by atoms with Crippen LogP contribution < -0.4 is 24.4 Å².